The number of carbonyl (C=O) groups excluding carboxylic acids is 1. The number of nitrogens with one attached hydrogen (secondary N) is 1. The summed E-state index contributed by atoms with van der Waals surface area (Å²) in [6.07, 6.45) is 1.53. The third-order valence-electron chi connectivity index (χ3n) is 2.34. The SMILES string of the molecule is Nc1cc(F)c(F)cc1C(=O)Nc1cccnc1Br. The predicted octanol–water partition coefficient (Wildman–Crippen LogP) is 2.96. The van der Waals surface area contributed by atoms with Crippen molar-refractivity contribution < 1.29 is 13.6 Å². The molecular weight excluding hydrogens is 320 g/mol. The molecule has 0 radical (unpaired) electrons. The first-order valence-corrected chi connectivity index (χ1v) is 5.94. The quantitative estimate of drug-likeness (QED) is 0.658. The van der Waals surface area contributed by atoms with Crippen LogP contribution >= 0.6 is 15.9 Å². The largest absolute Gasteiger partial charge is 0.398 e. The summed E-state index contributed by atoms with van der Waals surface area (Å²) in [4.78, 5) is 15.8. The highest BCUT2D eigenvalue weighted by Crippen LogP contribution is 2.22. The fourth-order valence-corrected chi connectivity index (χ4v) is 1.78. The average Bonchev–Trinajstić information content (AvgIpc) is 2.36. The average molecular weight is 328 g/mol. The van der Waals surface area contributed by atoms with Crippen LogP contribution < -0.4 is 11.1 Å². The lowest BCUT2D eigenvalue weighted by Crippen LogP contribution is -2.15. The number of anilines is 2. The molecular formula is C12H8BrF2N3O. The lowest BCUT2D eigenvalue weighted by Gasteiger charge is -2.09. The van der Waals surface area contributed by atoms with E-state index in [1.54, 1.807) is 12.1 Å². The first-order chi connectivity index (χ1) is 8.99. The molecule has 0 bridgehead atoms. The van der Waals surface area contributed by atoms with Gasteiger partial charge in [-0.1, -0.05) is 0 Å². The molecule has 1 heterocycles. The smallest absolute Gasteiger partial charge is 0.257 e. The summed E-state index contributed by atoms with van der Waals surface area (Å²) in [5.74, 6) is -2.88. The molecule has 0 aliphatic carbocycles. The van der Waals surface area contributed by atoms with E-state index < -0.39 is 17.5 Å². The number of nitrogen functional groups attached to an aromatic ring is 1. The van der Waals surface area contributed by atoms with Crippen molar-refractivity contribution in [1.29, 1.82) is 0 Å². The number of aromatic nitrogens is 1. The van der Waals surface area contributed by atoms with Crippen molar-refractivity contribution in [3.8, 4) is 0 Å². The van der Waals surface area contributed by atoms with E-state index in [1.165, 1.54) is 6.20 Å². The normalized spacial score (nSPS) is 10.3. The Hall–Kier alpha value is -2.02. The minimum absolute atomic E-state index is 0.142. The van der Waals surface area contributed by atoms with Gasteiger partial charge in [-0.3, -0.25) is 4.79 Å². The van der Waals surface area contributed by atoms with Crippen molar-refractivity contribution in [2.75, 3.05) is 11.1 Å². The molecule has 0 spiro atoms. The van der Waals surface area contributed by atoms with E-state index in [9.17, 15) is 13.6 Å². The zero-order chi connectivity index (χ0) is 14.0. The minimum atomic E-state index is -1.13. The third-order valence-corrected chi connectivity index (χ3v) is 2.98. The number of benzene rings is 1. The van der Waals surface area contributed by atoms with E-state index in [-0.39, 0.29) is 11.3 Å². The van der Waals surface area contributed by atoms with E-state index in [0.717, 1.165) is 12.1 Å². The van der Waals surface area contributed by atoms with Gasteiger partial charge in [-0.15, -0.1) is 0 Å². The molecule has 0 aliphatic rings. The van der Waals surface area contributed by atoms with Crippen molar-refractivity contribution in [2.45, 2.75) is 0 Å². The maximum absolute atomic E-state index is 13.1. The van der Waals surface area contributed by atoms with Crippen molar-refractivity contribution in [2.24, 2.45) is 0 Å². The Labute approximate surface area is 115 Å². The number of nitrogens with two attached hydrogens (primary N) is 1. The molecule has 0 unspecified atom stereocenters. The zero-order valence-electron chi connectivity index (χ0n) is 9.45. The van der Waals surface area contributed by atoms with Gasteiger partial charge in [0.05, 0.1) is 11.3 Å². The van der Waals surface area contributed by atoms with Gasteiger partial charge in [0.2, 0.25) is 0 Å². The van der Waals surface area contributed by atoms with Gasteiger partial charge < -0.3 is 11.1 Å². The monoisotopic (exact) mass is 327 g/mol. The molecule has 2 aromatic rings. The van der Waals surface area contributed by atoms with Crippen LogP contribution in [-0.4, -0.2) is 10.9 Å². The number of hydrogen-bond acceptors (Lipinski definition) is 3. The van der Waals surface area contributed by atoms with Crippen molar-refractivity contribution in [3.63, 3.8) is 0 Å². The standard InChI is InChI=1S/C12H8BrF2N3O/c13-11-10(2-1-3-17-11)18-12(19)6-4-7(14)8(15)5-9(6)16/h1-5H,16H2,(H,18,19). The molecule has 0 aliphatic heterocycles. The first kappa shape index (κ1) is 13.4. The molecule has 0 saturated heterocycles. The molecule has 98 valence electrons. The highest BCUT2D eigenvalue weighted by Gasteiger charge is 2.15. The topological polar surface area (TPSA) is 68.0 Å². The fraction of sp³-hybridized carbons (Fsp3) is 0. The minimum Gasteiger partial charge on any atom is -0.398 e. The lowest BCUT2D eigenvalue weighted by atomic mass is 10.1. The predicted molar refractivity (Wildman–Crippen MR) is 70.7 cm³/mol. The molecule has 2 rings (SSSR count). The number of nitrogens with zero attached hydrogens (tertiary/aromatic N) is 1. The number of hydrogen-bond donors (Lipinski definition) is 2. The van der Waals surface area contributed by atoms with E-state index in [1.807, 2.05) is 0 Å². The van der Waals surface area contributed by atoms with Gasteiger partial charge in [-0.05, 0) is 34.1 Å². The molecule has 4 nitrogen and oxygen atoms in total. The number of amides is 1. The van der Waals surface area contributed by atoms with Gasteiger partial charge in [-0.2, -0.15) is 0 Å². The maximum atomic E-state index is 13.1. The van der Waals surface area contributed by atoms with Crippen LogP contribution in [0.1, 0.15) is 10.4 Å². The Morgan fingerprint density at radius 3 is 2.68 bits per heavy atom. The summed E-state index contributed by atoms with van der Waals surface area (Å²) < 4.78 is 26.4. The van der Waals surface area contributed by atoms with Crippen LogP contribution in [0, 0.1) is 11.6 Å². The highest BCUT2D eigenvalue weighted by molar-refractivity contribution is 9.10. The summed E-state index contributed by atoms with van der Waals surface area (Å²) in [6.45, 7) is 0. The van der Waals surface area contributed by atoms with E-state index in [4.69, 9.17) is 5.73 Å². The first-order valence-electron chi connectivity index (χ1n) is 5.15. The summed E-state index contributed by atoms with van der Waals surface area (Å²) in [5, 5.41) is 2.50. The second kappa shape index (κ2) is 5.31. The summed E-state index contributed by atoms with van der Waals surface area (Å²) in [6, 6.07) is 4.74. The molecule has 1 amide bonds. The van der Waals surface area contributed by atoms with Crippen LogP contribution in [0.3, 0.4) is 0 Å². The van der Waals surface area contributed by atoms with Crippen LogP contribution in [0.2, 0.25) is 0 Å². The van der Waals surface area contributed by atoms with Gasteiger partial charge in [0.1, 0.15) is 4.60 Å². The third kappa shape index (κ3) is 2.87. The van der Waals surface area contributed by atoms with Crippen LogP contribution in [0.15, 0.2) is 35.1 Å². The molecule has 0 saturated carbocycles. The number of pyridine rings is 1. The Morgan fingerprint density at radius 2 is 2.00 bits per heavy atom. The van der Waals surface area contributed by atoms with E-state index in [0.29, 0.717) is 10.3 Å². The summed E-state index contributed by atoms with van der Waals surface area (Å²) >= 11 is 3.15. The van der Waals surface area contributed by atoms with Crippen molar-refractivity contribution >= 4 is 33.2 Å². The lowest BCUT2D eigenvalue weighted by molar-refractivity contribution is 0.102. The highest BCUT2D eigenvalue weighted by atomic mass is 79.9. The fourth-order valence-electron chi connectivity index (χ4n) is 1.43. The maximum Gasteiger partial charge on any atom is 0.257 e. The Bertz CT molecular complexity index is 649. The van der Waals surface area contributed by atoms with Gasteiger partial charge in [-0.25, -0.2) is 13.8 Å². The Morgan fingerprint density at radius 1 is 1.32 bits per heavy atom. The van der Waals surface area contributed by atoms with Crippen LogP contribution in [0.5, 0.6) is 0 Å². The second-order valence-corrected chi connectivity index (χ2v) is 4.40. The second-order valence-electron chi connectivity index (χ2n) is 3.65. The molecule has 0 fully saturated rings. The van der Waals surface area contributed by atoms with Gasteiger partial charge in [0, 0.05) is 18.0 Å². The Balaban J connectivity index is 2.31. The van der Waals surface area contributed by atoms with Gasteiger partial charge in [0.25, 0.3) is 5.91 Å². The Kier molecular flexibility index (Phi) is 3.75. The number of rotatable bonds is 2. The molecule has 7 heteroatoms. The number of halogens is 3. The molecule has 3 N–H and O–H groups in total. The van der Waals surface area contributed by atoms with Crippen LogP contribution in [-0.2, 0) is 0 Å². The zero-order valence-corrected chi connectivity index (χ0v) is 11.0. The molecule has 19 heavy (non-hydrogen) atoms. The van der Waals surface area contributed by atoms with E-state index >= 15 is 0 Å². The molecule has 1 aromatic heterocycles. The van der Waals surface area contributed by atoms with Crippen molar-refractivity contribution in [3.05, 3.63) is 52.3 Å². The van der Waals surface area contributed by atoms with Crippen LogP contribution in [0.4, 0.5) is 20.2 Å². The van der Waals surface area contributed by atoms with Gasteiger partial charge in [0.15, 0.2) is 11.6 Å². The van der Waals surface area contributed by atoms with Crippen molar-refractivity contribution in [1.82, 2.24) is 4.98 Å². The van der Waals surface area contributed by atoms with Gasteiger partial charge >= 0.3 is 0 Å². The molecule has 1 aromatic carbocycles. The summed E-state index contributed by atoms with van der Waals surface area (Å²) in [7, 11) is 0. The molecule has 0 atom stereocenters. The van der Waals surface area contributed by atoms with Crippen LogP contribution in [0.25, 0.3) is 0 Å². The summed E-state index contributed by atoms with van der Waals surface area (Å²) in [5.41, 5.74) is 5.60. The number of carbonyl (C=O) groups is 1. The van der Waals surface area contributed by atoms with E-state index in [2.05, 4.69) is 26.2 Å².